The number of anilines is 1. The second kappa shape index (κ2) is 8.11. The third kappa shape index (κ3) is 4.67. The number of morpholine rings is 1. The molecule has 2 rings (SSSR count). The monoisotopic (exact) mass is 250 g/mol. The zero-order valence-corrected chi connectivity index (χ0v) is 12.1. The van der Waals surface area contributed by atoms with Gasteiger partial charge in [-0.15, -0.1) is 0 Å². The zero-order chi connectivity index (χ0) is 13.4. The molecule has 3 heteroatoms. The van der Waals surface area contributed by atoms with Gasteiger partial charge >= 0.3 is 0 Å². The van der Waals surface area contributed by atoms with Gasteiger partial charge in [0.15, 0.2) is 0 Å². The van der Waals surface area contributed by atoms with Crippen molar-refractivity contribution in [2.75, 3.05) is 45.2 Å². The summed E-state index contributed by atoms with van der Waals surface area (Å²) in [5.41, 5.74) is 1.30. The second-order valence-corrected chi connectivity index (χ2v) is 4.54. The highest BCUT2D eigenvalue weighted by molar-refractivity contribution is 5.46. The molecule has 1 saturated heterocycles. The molecule has 3 nitrogen and oxygen atoms in total. The van der Waals surface area contributed by atoms with Gasteiger partial charge in [-0.3, -0.25) is 0 Å². The fraction of sp³-hybridized carbons (Fsp3) is 0.600. The van der Waals surface area contributed by atoms with Crippen LogP contribution in [-0.4, -0.2) is 51.3 Å². The quantitative estimate of drug-likeness (QED) is 0.819. The van der Waals surface area contributed by atoms with Crippen molar-refractivity contribution in [3.8, 4) is 0 Å². The number of hydrogen-bond acceptors (Lipinski definition) is 3. The normalized spacial score (nSPS) is 19.4. The maximum Gasteiger partial charge on any atom is 0.0877 e. The summed E-state index contributed by atoms with van der Waals surface area (Å²) in [5.74, 6) is 0. The minimum absolute atomic E-state index is 0.323. The first-order valence-corrected chi connectivity index (χ1v) is 6.82. The largest absolute Gasteiger partial charge is 0.373 e. The molecule has 0 spiro atoms. The summed E-state index contributed by atoms with van der Waals surface area (Å²) in [6.45, 7) is 7.80. The van der Waals surface area contributed by atoms with Crippen LogP contribution in [0.5, 0.6) is 0 Å². The van der Waals surface area contributed by atoms with Crippen molar-refractivity contribution >= 4 is 5.69 Å². The molecule has 1 aliphatic heterocycles. The molecule has 1 heterocycles. The maximum atomic E-state index is 5.76. The molecule has 0 aliphatic carbocycles. The molecular weight excluding hydrogens is 224 g/mol. The predicted molar refractivity (Wildman–Crippen MR) is 78.3 cm³/mol. The van der Waals surface area contributed by atoms with Crippen molar-refractivity contribution in [2.24, 2.45) is 0 Å². The van der Waals surface area contributed by atoms with E-state index in [1.54, 1.807) is 0 Å². The molecule has 0 amide bonds. The number of hydrogen-bond donors (Lipinski definition) is 0. The Morgan fingerprint density at radius 2 is 1.89 bits per heavy atom. The summed E-state index contributed by atoms with van der Waals surface area (Å²) in [6.07, 6.45) is 0.323. The predicted octanol–water partition coefficient (Wildman–Crippen LogP) is 2.48. The van der Waals surface area contributed by atoms with Crippen LogP contribution in [0.3, 0.4) is 0 Å². The number of para-hydroxylation sites is 1. The van der Waals surface area contributed by atoms with E-state index < -0.39 is 0 Å². The average Bonchev–Trinajstić information content (AvgIpc) is 2.42. The second-order valence-electron chi connectivity index (χ2n) is 4.54. The fourth-order valence-electron chi connectivity index (χ4n) is 2.11. The molecule has 1 aromatic carbocycles. The summed E-state index contributed by atoms with van der Waals surface area (Å²) in [7, 11) is 4.18. The third-order valence-electron chi connectivity index (χ3n) is 2.83. The Hall–Kier alpha value is -1.06. The lowest BCUT2D eigenvalue weighted by Crippen LogP contribution is -2.46. The fourth-order valence-corrected chi connectivity index (χ4v) is 2.11. The van der Waals surface area contributed by atoms with E-state index in [2.05, 4.69) is 54.2 Å². The smallest absolute Gasteiger partial charge is 0.0877 e. The van der Waals surface area contributed by atoms with Crippen molar-refractivity contribution in [1.82, 2.24) is 4.90 Å². The highest BCUT2D eigenvalue weighted by Gasteiger charge is 2.20. The summed E-state index contributed by atoms with van der Waals surface area (Å²) < 4.78 is 5.76. The number of likely N-dealkylation sites (N-methyl/N-ethyl adjacent to an activating group) is 1. The van der Waals surface area contributed by atoms with Crippen LogP contribution in [0.1, 0.15) is 13.8 Å². The molecule has 1 aromatic rings. The Balaban J connectivity index is 0.000000771. The van der Waals surface area contributed by atoms with E-state index >= 15 is 0 Å². The van der Waals surface area contributed by atoms with Crippen LogP contribution in [0, 0.1) is 0 Å². The number of benzene rings is 1. The first-order valence-electron chi connectivity index (χ1n) is 6.82. The first kappa shape index (κ1) is 15.0. The van der Waals surface area contributed by atoms with Crippen LogP contribution in [0.2, 0.25) is 0 Å². The Bertz CT molecular complexity index is 314. The van der Waals surface area contributed by atoms with E-state index in [-0.39, 0.29) is 0 Å². The van der Waals surface area contributed by atoms with Gasteiger partial charge in [-0.25, -0.2) is 0 Å². The van der Waals surface area contributed by atoms with Crippen molar-refractivity contribution in [3.63, 3.8) is 0 Å². The lowest BCUT2D eigenvalue weighted by molar-refractivity contribution is 0.0248. The molecule has 1 fully saturated rings. The van der Waals surface area contributed by atoms with E-state index in [1.807, 2.05) is 13.8 Å². The van der Waals surface area contributed by atoms with Gasteiger partial charge in [0, 0.05) is 25.3 Å². The molecule has 0 radical (unpaired) electrons. The van der Waals surface area contributed by atoms with Crippen molar-refractivity contribution < 1.29 is 4.74 Å². The molecule has 18 heavy (non-hydrogen) atoms. The third-order valence-corrected chi connectivity index (χ3v) is 2.83. The van der Waals surface area contributed by atoms with Crippen LogP contribution in [-0.2, 0) is 4.74 Å². The summed E-state index contributed by atoms with van der Waals surface area (Å²) in [5, 5.41) is 0. The molecular formula is C15H26N2O. The van der Waals surface area contributed by atoms with Crippen LogP contribution in [0.25, 0.3) is 0 Å². The summed E-state index contributed by atoms with van der Waals surface area (Å²) >= 11 is 0. The highest BCUT2D eigenvalue weighted by Crippen LogP contribution is 2.17. The van der Waals surface area contributed by atoms with E-state index in [1.165, 1.54) is 5.69 Å². The molecule has 0 N–H and O–H groups in total. The van der Waals surface area contributed by atoms with Gasteiger partial charge in [-0.1, -0.05) is 32.0 Å². The molecule has 0 aromatic heterocycles. The number of rotatable bonds is 3. The van der Waals surface area contributed by atoms with E-state index in [0.717, 1.165) is 26.2 Å². The first-order chi connectivity index (χ1) is 8.75. The van der Waals surface area contributed by atoms with Gasteiger partial charge in [0.25, 0.3) is 0 Å². The molecule has 1 atom stereocenters. The number of ether oxygens (including phenoxy) is 1. The molecule has 0 bridgehead atoms. The van der Waals surface area contributed by atoms with Crippen LogP contribution in [0.4, 0.5) is 5.69 Å². The van der Waals surface area contributed by atoms with Gasteiger partial charge in [0.05, 0.1) is 12.7 Å². The molecule has 102 valence electrons. The summed E-state index contributed by atoms with van der Waals surface area (Å²) in [4.78, 5) is 4.58. The average molecular weight is 250 g/mol. The minimum atomic E-state index is 0.323. The number of nitrogens with zero attached hydrogens (tertiary/aromatic N) is 2. The Kier molecular flexibility index (Phi) is 6.76. The molecule has 1 aliphatic rings. The van der Waals surface area contributed by atoms with Gasteiger partial charge in [0.1, 0.15) is 0 Å². The van der Waals surface area contributed by atoms with Crippen molar-refractivity contribution in [1.29, 1.82) is 0 Å². The van der Waals surface area contributed by atoms with E-state index in [9.17, 15) is 0 Å². The highest BCUT2D eigenvalue weighted by atomic mass is 16.5. The summed E-state index contributed by atoms with van der Waals surface area (Å²) in [6, 6.07) is 10.6. The van der Waals surface area contributed by atoms with Crippen LogP contribution in [0.15, 0.2) is 30.3 Å². The lowest BCUT2D eigenvalue weighted by Gasteiger charge is -2.35. The van der Waals surface area contributed by atoms with Crippen LogP contribution < -0.4 is 4.90 Å². The standard InChI is InChI=1S/C13H20N2O.C2H6/c1-14(2)10-13-11-15(8-9-16-13)12-6-4-3-5-7-12;1-2/h3-7,13H,8-11H2,1-2H3;1-2H3. The maximum absolute atomic E-state index is 5.76. The Morgan fingerprint density at radius 3 is 2.50 bits per heavy atom. The molecule has 1 unspecified atom stereocenters. The van der Waals surface area contributed by atoms with Gasteiger partial charge in [-0.05, 0) is 26.2 Å². The van der Waals surface area contributed by atoms with Gasteiger partial charge in [0.2, 0.25) is 0 Å². The minimum Gasteiger partial charge on any atom is -0.373 e. The van der Waals surface area contributed by atoms with Crippen molar-refractivity contribution in [3.05, 3.63) is 30.3 Å². The zero-order valence-electron chi connectivity index (χ0n) is 12.1. The van der Waals surface area contributed by atoms with Gasteiger partial charge < -0.3 is 14.5 Å². The topological polar surface area (TPSA) is 15.7 Å². The molecule has 0 saturated carbocycles. The lowest BCUT2D eigenvalue weighted by atomic mass is 10.2. The van der Waals surface area contributed by atoms with Crippen LogP contribution >= 0.6 is 0 Å². The SMILES string of the molecule is CC.CN(C)CC1CN(c2ccccc2)CCO1. The Morgan fingerprint density at radius 1 is 1.22 bits per heavy atom. The van der Waals surface area contributed by atoms with E-state index in [0.29, 0.717) is 6.10 Å². The Labute approximate surface area is 111 Å². The van der Waals surface area contributed by atoms with Crippen molar-refractivity contribution in [2.45, 2.75) is 20.0 Å². The van der Waals surface area contributed by atoms with E-state index in [4.69, 9.17) is 4.74 Å². The van der Waals surface area contributed by atoms with Gasteiger partial charge in [-0.2, -0.15) is 0 Å².